The molecule has 5 heteroatoms. The van der Waals surface area contributed by atoms with Crippen LogP contribution in [-0.2, 0) is 9.84 Å². The smallest absolute Gasteiger partial charge is 0.151 e. The summed E-state index contributed by atoms with van der Waals surface area (Å²) in [5.41, 5.74) is 0.119. The van der Waals surface area contributed by atoms with Crippen LogP contribution >= 0.6 is 0 Å². The van der Waals surface area contributed by atoms with Crippen molar-refractivity contribution >= 4 is 9.84 Å². The summed E-state index contributed by atoms with van der Waals surface area (Å²) in [5.74, 6) is 0.730. The minimum absolute atomic E-state index is 0.119. The van der Waals surface area contributed by atoms with E-state index in [1.165, 1.54) is 0 Å². The van der Waals surface area contributed by atoms with Crippen molar-refractivity contribution in [3.05, 3.63) is 0 Å². The van der Waals surface area contributed by atoms with E-state index in [9.17, 15) is 8.42 Å². The molecule has 0 saturated carbocycles. The van der Waals surface area contributed by atoms with E-state index in [2.05, 4.69) is 24.1 Å². The second-order valence-corrected chi connectivity index (χ2v) is 7.79. The summed E-state index contributed by atoms with van der Waals surface area (Å²) in [6.45, 7) is 7.42. The number of sulfone groups is 1. The molecule has 0 amide bonds. The topological polar surface area (TPSA) is 49.4 Å². The van der Waals surface area contributed by atoms with Gasteiger partial charge in [-0.1, -0.05) is 0 Å². The van der Waals surface area contributed by atoms with Gasteiger partial charge >= 0.3 is 0 Å². The van der Waals surface area contributed by atoms with Crippen molar-refractivity contribution in [2.45, 2.75) is 38.3 Å². The van der Waals surface area contributed by atoms with Crippen molar-refractivity contribution in [1.29, 1.82) is 0 Å². The van der Waals surface area contributed by atoms with Gasteiger partial charge in [0.2, 0.25) is 0 Å². The van der Waals surface area contributed by atoms with Gasteiger partial charge in [-0.05, 0) is 33.2 Å². The van der Waals surface area contributed by atoms with Gasteiger partial charge in [-0.15, -0.1) is 0 Å². The predicted octanol–water partition coefficient (Wildman–Crippen LogP) is 0.247. The molecule has 4 nitrogen and oxygen atoms in total. The lowest BCUT2D eigenvalue weighted by atomic mass is 9.96. The Balaban J connectivity index is 2.12. The van der Waals surface area contributed by atoms with Gasteiger partial charge in [0.15, 0.2) is 9.84 Å². The molecule has 0 spiro atoms. The summed E-state index contributed by atoms with van der Waals surface area (Å²) in [6.07, 6.45) is 1.90. The van der Waals surface area contributed by atoms with Crippen LogP contribution in [-0.4, -0.2) is 56.0 Å². The molecule has 2 rings (SSSR count). The van der Waals surface area contributed by atoms with Crippen molar-refractivity contribution in [2.75, 3.05) is 31.1 Å². The Hall–Kier alpha value is -0.130. The van der Waals surface area contributed by atoms with E-state index in [1.54, 1.807) is 0 Å². The van der Waals surface area contributed by atoms with Crippen molar-refractivity contribution < 1.29 is 8.42 Å². The van der Waals surface area contributed by atoms with Crippen LogP contribution in [0.4, 0.5) is 0 Å². The highest BCUT2D eigenvalue weighted by Gasteiger charge is 2.39. The van der Waals surface area contributed by atoms with Crippen LogP contribution in [0.2, 0.25) is 0 Å². The molecule has 0 aromatic heterocycles. The van der Waals surface area contributed by atoms with Gasteiger partial charge in [0.1, 0.15) is 0 Å². The third-order valence-electron chi connectivity index (χ3n) is 3.87. The maximum atomic E-state index is 11.5. The molecule has 1 N–H and O–H groups in total. The fourth-order valence-corrected chi connectivity index (χ4v) is 4.59. The van der Waals surface area contributed by atoms with Crippen LogP contribution in [0.5, 0.6) is 0 Å². The highest BCUT2D eigenvalue weighted by atomic mass is 32.2. The average Bonchev–Trinajstić information content (AvgIpc) is 2.40. The minimum atomic E-state index is -2.77. The van der Waals surface area contributed by atoms with Gasteiger partial charge < -0.3 is 5.32 Å². The average molecular weight is 246 g/mol. The molecule has 1 atom stereocenters. The summed E-state index contributed by atoms with van der Waals surface area (Å²) in [7, 11) is -2.77. The molecule has 0 bridgehead atoms. The molecule has 0 radical (unpaired) electrons. The van der Waals surface area contributed by atoms with Gasteiger partial charge in [-0.2, -0.15) is 0 Å². The fraction of sp³-hybridized carbons (Fsp3) is 1.00. The highest BCUT2D eigenvalue weighted by Crippen LogP contribution is 2.28. The summed E-state index contributed by atoms with van der Waals surface area (Å²) in [5, 5.41) is 3.39. The lowest BCUT2D eigenvalue weighted by Gasteiger charge is -2.40. The molecule has 0 aliphatic carbocycles. The first-order valence-corrected chi connectivity index (χ1v) is 7.91. The Morgan fingerprint density at radius 2 is 2.06 bits per heavy atom. The molecule has 2 saturated heterocycles. The summed E-state index contributed by atoms with van der Waals surface area (Å²) in [6, 6.07) is 0.236. The van der Waals surface area contributed by atoms with Gasteiger partial charge in [0.25, 0.3) is 0 Å². The molecular formula is C11H22N2O2S. The van der Waals surface area contributed by atoms with E-state index >= 15 is 0 Å². The van der Waals surface area contributed by atoms with Crippen LogP contribution < -0.4 is 5.32 Å². The van der Waals surface area contributed by atoms with E-state index in [-0.39, 0.29) is 11.6 Å². The maximum absolute atomic E-state index is 11.5. The lowest BCUT2D eigenvalue weighted by Crippen LogP contribution is -2.50. The number of hydrogen-bond donors (Lipinski definition) is 1. The van der Waals surface area contributed by atoms with Gasteiger partial charge in [-0.25, -0.2) is 8.42 Å². The number of rotatable bonds is 1. The number of hydrogen-bond acceptors (Lipinski definition) is 4. The first-order valence-electron chi connectivity index (χ1n) is 6.09. The Morgan fingerprint density at radius 1 is 1.31 bits per heavy atom. The van der Waals surface area contributed by atoms with E-state index < -0.39 is 9.84 Å². The van der Waals surface area contributed by atoms with Crippen LogP contribution in [0.1, 0.15) is 26.7 Å². The highest BCUT2D eigenvalue weighted by molar-refractivity contribution is 7.91. The van der Waals surface area contributed by atoms with Crippen LogP contribution in [0.25, 0.3) is 0 Å². The zero-order chi connectivity index (χ0) is 11.8. The van der Waals surface area contributed by atoms with Crippen molar-refractivity contribution in [2.24, 2.45) is 0 Å². The largest absolute Gasteiger partial charge is 0.315 e. The molecule has 2 heterocycles. The van der Waals surface area contributed by atoms with E-state index in [0.717, 1.165) is 32.5 Å². The normalized spacial score (nSPS) is 34.8. The quantitative estimate of drug-likeness (QED) is 0.720. The first-order chi connectivity index (χ1) is 7.41. The van der Waals surface area contributed by atoms with E-state index in [1.807, 2.05) is 0 Å². The molecule has 0 aromatic carbocycles. The molecule has 2 fully saturated rings. The molecule has 2 aliphatic heterocycles. The van der Waals surface area contributed by atoms with E-state index in [0.29, 0.717) is 11.5 Å². The van der Waals surface area contributed by atoms with Crippen molar-refractivity contribution in [3.63, 3.8) is 0 Å². The molecular weight excluding hydrogens is 224 g/mol. The SMILES string of the molecule is CC1(C)CCNCCN1C1CCS(=O)(=O)C1. The lowest BCUT2D eigenvalue weighted by molar-refractivity contribution is 0.0871. The summed E-state index contributed by atoms with van der Waals surface area (Å²) >= 11 is 0. The van der Waals surface area contributed by atoms with Crippen LogP contribution in [0.15, 0.2) is 0 Å². The third kappa shape index (κ3) is 2.57. The maximum Gasteiger partial charge on any atom is 0.151 e. The fourth-order valence-electron chi connectivity index (χ4n) is 2.86. The van der Waals surface area contributed by atoms with Gasteiger partial charge in [0.05, 0.1) is 11.5 Å². The Morgan fingerprint density at radius 3 is 2.69 bits per heavy atom. The number of nitrogens with one attached hydrogen (secondary N) is 1. The Bertz CT molecular complexity index is 351. The predicted molar refractivity (Wildman–Crippen MR) is 65.3 cm³/mol. The second kappa shape index (κ2) is 4.27. The zero-order valence-corrected chi connectivity index (χ0v) is 11.0. The van der Waals surface area contributed by atoms with Gasteiger partial charge in [-0.3, -0.25) is 4.90 Å². The molecule has 0 aromatic rings. The van der Waals surface area contributed by atoms with Crippen molar-refractivity contribution in [1.82, 2.24) is 10.2 Å². The monoisotopic (exact) mass is 246 g/mol. The molecule has 1 unspecified atom stereocenters. The summed E-state index contributed by atoms with van der Waals surface area (Å²) in [4.78, 5) is 2.40. The third-order valence-corrected chi connectivity index (χ3v) is 5.62. The zero-order valence-electron chi connectivity index (χ0n) is 10.2. The summed E-state index contributed by atoms with van der Waals surface area (Å²) < 4.78 is 23.1. The molecule has 94 valence electrons. The Labute approximate surface area is 98.3 Å². The van der Waals surface area contributed by atoms with Crippen LogP contribution in [0, 0.1) is 0 Å². The van der Waals surface area contributed by atoms with Crippen molar-refractivity contribution in [3.8, 4) is 0 Å². The second-order valence-electron chi connectivity index (χ2n) is 5.56. The Kier molecular flexibility index (Phi) is 3.29. The standard InChI is InChI=1S/C11H22N2O2S/c1-11(2)4-5-12-6-7-13(11)10-3-8-16(14,15)9-10/h10,12H,3-9H2,1-2H3. The van der Waals surface area contributed by atoms with E-state index in [4.69, 9.17) is 0 Å². The number of nitrogens with zero attached hydrogens (tertiary/aromatic N) is 1. The van der Waals surface area contributed by atoms with Gasteiger partial charge in [0, 0.05) is 24.7 Å². The van der Waals surface area contributed by atoms with Crippen LogP contribution in [0.3, 0.4) is 0 Å². The molecule has 2 aliphatic rings. The first kappa shape index (κ1) is 12.3. The minimum Gasteiger partial charge on any atom is -0.315 e. The molecule has 16 heavy (non-hydrogen) atoms.